The summed E-state index contributed by atoms with van der Waals surface area (Å²) in [5, 5.41) is 0. The number of likely N-dealkylation sites (tertiary alicyclic amines) is 1. The van der Waals surface area contributed by atoms with Crippen molar-refractivity contribution in [2.75, 3.05) is 19.7 Å². The Morgan fingerprint density at radius 3 is 2.35 bits per heavy atom. The first kappa shape index (κ1) is 17.6. The van der Waals surface area contributed by atoms with Crippen molar-refractivity contribution in [3.8, 4) is 0 Å². The van der Waals surface area contributed by atoms with Gasteiger partial charge >= 0.3 is 5.97 Å². The Hall–Kier alpha value is -1.78. The molecule has 1 aromatic rings. The summed E-state index contributed by atoms with van der Waals surface area (Å²) in [6.45, 7) is 10.7. The predicted molar refractivity (Wildman–Crippen MR) is 89.7 cm³/mol. The van der Waals surface area contributed by atoms with Crippen LogP contribution in [0.2, 0.25) is 0 Å². The lowest BCUT2D eigenvalue weighted by Crippen LogP contribution is -2.28. The molecule has 1 aliphatic heterocycles. The molecule has 5 heteroatoms. The van der Waals surface area contributed by atoms with Crippen LogP contribution in [0.5, 0.6) is 0 Å². The summed E-state index contributed by atoms with van der Waals surface area (Å²) in [4.78, 5) is 26.4. The molecular weight excluding hydrogens is 292 g/mol. The number of carbonyl (C=O) groups excluding carboxylic acids is 2. The molecule has 128 valence electrons. The van der Waals surface area contributed by atoms with Gasteiger partial charge < -0.3 is 14.2 Å². The Balaban J connectivity index is 2.18. The molecule has 0 N–H and O–H groups in total. The van der Waals surface area contributed by atoms with E-state index < -0.39 is 0 Å². The maximum Gasteiger partial charge on any atom is 0.340 e. The van der Waals surface area contributed by atoms with E-state index in [1.54, 1.807) is 0 Å². The molecule has 0 unspecified atom stereocenters. The normalized spacial score (nSPS) is 14.3. The van der Waals surface area contributed by atoms with Crippen LogP contribution in [-0.4, -0.2) is 41.0 Å². The minimum atomic E-state index is -0.262. The second-order valence-corrected chi connectivity index (χ2v) is 6.08. The van der Waals surface area contributed by atoms with Crippen LogP contribution in [0.3, 0.4) is 0 Å². The number of hydrogen-bond acceptors (Lipinski definition) is 3. The highest BCUT2D eigenvalue weighted by Crippen LogP contribution is 2.25. The minimum absolute atomic E-state index is 0.223. The topological polar surface area (TPSA) is 51.5 Å². The highest BCUT2D eigenvalue weighted by Gasteiger charge is 2.24. The number of rotatable bonds is 6. The van der Waals surface area contributed by atoms with Crippen LogP contribution in [0.15, 0.2) is 0 Å². The lowest BCUT2D eigenvalue weighted by molar-refractivity contribution is -0.130. The van der Waals surface area contributed by atoms with Crippen molar-refractivity contribution < 1.29 is 14.3 Å². The molecule has 2 heterocycles. The van der Waals surface area contributed by atoms with Gasteiger partial charge in [-0.05, 0) is 52.5 Å². The highest BCUT2D eigenvalue weighted by molar-refractivity contribution is 5.93. The van der Waals surface area contributed by atoms with Gasteiger partial charge in [0.15, 0.2) is 0 Å². The molecule has 1 saturated heterocycles. The largest absolute Gasteiger partial charge is 0.462 e. The van der Waals surface area contributed by atoms with Crippen LogP contribution in [0, 0.1) is 13.8 Å². The van der Waals surface area contributed by atoms with Crippen molar-refractivity contribution in [2.45, 2.75) is 59.9 Å². The lowest BCUT2D eigenvalue weighted by Gasteiger charge is -2.16. The van der Waals surface area contributed by atoms with Gasteiger partial charge in [0, 0.05) is 37.4 Å². The first-order valence-corrected chi connectivity index (χ1v) is 8.64. The first-order valence-electron chi connectivity index (χ1n) is 8.64. The second kappa shape index (κ2) is 7.66. The van der Waals surface area contributed by atoms with Crippen molar-refractivity contribution in [3.05, 3.63) is 22.5 Å². The Morgan fingerprint density at radius 1 is 1.13 bits per heavy atom. The first-order chi connectivity index (χ1) is 11.0. The molecule has 0 bridgehead atoms. The van der Waals surface area contributed by atoms with E-state index in [0.29, 0.717) is 25.0 Å². The van der Waals surface area contributed by atoms with Gasteiger partial charge in [0.25, 0.3) is 0 Å². The van der Waals surface area contributed by atoms with Gasteiger partial charge in [0.05, 0.1) is 12.2 Å². The highest BCUT2D eigenvalue weighted by atomic mass is 16.5. The van der Waals surface area contributed by atoms with Crippen LogP contribution in [0.4, 0.5) is 0 Å². The molecule has 1 aromatic heterocycles. The fourth-order valence-corrected chi connectivity index (χ4v) is 3.56. The van der Waals surface area contributed by atoms with Gasteiger partial charge in [-0.25, -0.2) is 4.79 Å². The second-order valence-electron chi connectivity index (χ2n) is 6.08. The summed E-state index contributed by atoms with van der Waals surface area (Å²) < 4.78 is 7.32. The molecule has 0 aromatic carbocycles. The van der Waals surface area contributed by atoms with E-state index in [-0.39, 0.29) is 11.9 Å². The number of carbonyl (C=O) groups is 2. The fraction of sp³-hybridized carbons (Fsp3) is 0.667. The van der Waals surface area contributed by atoms with Crippen molar-refractivity contribution in [1.29, 1.82) is 0 Å². The monoisotopic (exact) mass is 320 g/mol. The summed E-state index contributed by atoms with van der Waals surface area (Å²) in [7, 11) is 0. The van der Waals surface area contributed by atoms with Gasteiger partial charge in [-0.3, -0.25) is 4.79 Å². The Morgan fingerprint density at radius 2 is 1.78 bits per heavy atom. The van der Waals surface area contributed by atoms with Gasteiger partial charge in [0.2, 0.25) is 5.91 Å². The number of esters is 1. The molecular formula is C18H28N2O3. The molecule has 0 radical (unpaired) electrons. The molecule has 0 atom stereocenters. The van der Waals surface area contributed by atoms with Crippen LogP contribution in [0.1, 0.15) is 60.4 Å². The van der Waals surface area contributed by atoms with Crippen molar-refractivity contribution in [2.24, 2.45) is 0 Å². The summed E-state index contributed by atoms with van der Waals surface area (Å²) in [5.41, 5.74) is 3.64. The standard InChI is InChI=1S/C18H28N2O3/c1-5-20-14(4)17(18(22)23-6-2)13(3)15(20)9-10-16(21)19-11-7-8-12-19/h5-12H2,1-4H3. The lowest BCUT2D eigenvalue weighted by atomic mass is 10.1. The van der Waals surface area contributed by atoms with Gasteiger partial charge in [0.1, 0.15) is 0 Å². The van der Waals surface area contributed by atoms with E-state index in [9.17, 15) is 9.59 Å². The minimum Gasteiger partial charge on any atom is -0.462 e. The zero-order valence-corrected chi connectivity index (χ0v) is 14.8. The maximum atomic E-state index is 12.3. The average Bonchev–Trinajstić information content (AvgIpc) is 3.12. The molecule has 0 spiro atoms. The summed E-state index contributed by atoms with van der Waals surface area (Å²) in [6, 6.07) is 0. The van der Waals surface area contributed by atoms with Crippen molar-refractivity contribution in [1.82, 2.24) is 9.47 Å². The van der Waals surface area contributed by atoms with E-state index in [0.717, 1.165) is 49.4 Å². The summed E-state index contributed by atoms with van der Waals surface area (Å²) in [5.74, 6) is -0.0390. The summed E-state index contributed by atoms with van der Waals surface area (Å²) in [6.07, 6.45) is 3.41. The van der Waals surface area contributed by atoms with Gasteiger partial charge in [-0.15, -0.1) is 0 Å². The Labute approximate surface area is 138 Å². The molecule has 23 heavy (non-hydrogen) atoms. The van der Waals surface area contributed by atoms with Crippen LogP contribution in [-0.2, 0) is 22.5 Å². The predicted octanol–water partition coefficient (Wildman–Crippen LogP) is 2.86. The third-order valence-electron chi connectivity index (χ3n) is 4.73. The Kier molecular flexibility index (Phi) is 5.85. The number of aromatic nitrogens is 1. The van der Waals surface area contributed by atoms with Crippen molar-refractivity contribution >= 4 is 11.9 Å². The SMILES string of the molecule is CCOC(=O)c1c(C)c(CCC(=O)N2CCCC2)n(CC)c1C. The maximum absolute atomic E-state index is 12.3. The molecule has 5 nitrogen and oxygen atoms in total. The van der Waals surface area contributed by atoms with E-state index in [4.69, 9.17) is 4.74 Å². The number of ether oxygens (including phenoxy) is 1. The molecule has 0 aliphatic carbocycles. The van der Waals surface area contributed by atoms with Crippen LogP contribution < -0.4 is 0 Å². The number of hydrogen-bond donors (Lipinski definition) is 0. The van der Waals surface area contributed by atoms with Crippen molar-refractivity contribution in [3.63, 3.8) is 0 Å². The van der Waals surface area contributed by atoms with Crippen LogP contribution in [0.25, 0.3) is 0 Å². The number of nitrogens with zero attached hydrogens (tertiary/aromatic N) is 2. The van der Waals surface area contributed by atoms with Gasteiger partial charge in [-0.2, -0.15) is 0 Å². The van der Waals surface area contributed by atoms with Crippen LogP contribution >= 0.6 is 0 Å². The third-order valence-corrected chi connectivity index (χ3v) is 4.73. The van der Waals surface area contributed by atoms with E-state index in [2.05, 4.69) is 11.5 Å². The van der Waals surface area contributed by atoms with Gasteiger partial charge in [-0.1, -0.05) is 0 Å². The fourth-order valence-electron chi connectivity index (χ4n) is 3.56. The molecule has 1 aliphatic rings. The third kappa shape index (κ3) is 3.59. The van der Waals surface area contributed by atoms with E-state index in [1.807, 2.05) is 25.7 Å². The van der Waals surface area contributed by atoms with E-state index in [1.165, 1.54) is 0 Å². The zero-order chi connectivity index (χ0) is 17.0. The van der Waals surface area contributed by atoms with E-state index >= 15 is 0 Å². The molecule has 1 fully saturated rings. The Bertz CT molecular complexity index is 584. The smallest absolute Gasteiger partial charge is 0.340 e. The molecule has 0 saturated carbocycles. The molecule has 1 amide bonds. The molecule has 2 rings (SSSR count). The summed E-state index contributed by atoms with van der Waals surface area (Å²) >= 11 is 0. The zero-order valence-electron chi connectivity index (χ0n) is 14.8. The quantitative estimate of drug-likeness (QED) is 0.757. The average molecular weight is 320 g/mol. The number of amides is 1.